The summed E-state index contributed by atoms with van der Waals surface area (Å²) in [4.78, 5) is 4.56. The van der Waals surface area contributed by atoms with Crippen molar-refractivity contribution in [2.45, 2.75) is 32.4 Å². The molecule has 0 bridgehead atoms. The maximum Gasteiger partial charge on any atom is 0.124 e. The van der Waals surface area contributed by atoms with Crippen LogP contribution < -0.4 is 10.1 Å². The number of aromatic nitrogens is 1. The van der Waals surface area contributed by atoms with Crippen molar-refractivity contribution in [3.8, 4) is 5.75 Å². The fourth-order valence-electron chi connectivity index (χ4n) is 2.46. The summed E-state index contributed by atoms with van der Waals surface area (Å²) in [5.74, 6) is 1.01. The van der Waals surface area contributed by atoms with E-state index in [1.807, 2.05) is 19.1 Å². The molecule has 19 heavy (non-hydrogen) atoms. The Morgan fingerprint density at radius 1 is 1.42 bits per heavy atom. The van der Waals surface area contributed by atoms with Crippen molar-refractivity contribution in [3.05, 3.63) is 45.9 Å². The largest absolute Gasteiger partial charge is 0.493 e. The zero-order valence-corrected chi connectivity index (χ0v) is 12.0. The standard InChI is InChI=1S/C15H18N2OS/c1-10-9-19-15(16-10)11(2)17-13-7-8-18-14-6-4-3-5-12(13)14/h3-6,9,11,13,17H,7-8H2,1-2H3. The topological polar surface area (TPSA) is 34.1 Å². The number of hydrogen-bond donors (Lipinski definition) is 1. The van der Waals surface area contributed by atoms with Crippen molar-refractivity contribution in [1.82, 2.24) is 10.3 Å². The van der Waals surface area contributed by atoms with E-state index in [4.69, 9.17) is 4.74 Å². The molecular formula is C15H18N2OS. The van der Waals surface area contributed by atoms with Crippen LogP contribution in [0.25, 0.3) is 0 Å². The van der Waals surface area contributed by atoms with Gasteiger partial charge in [0.2, 0.25) is 0 Å². The molecule has 0 saturated carbocycles. The van der Waals surface area contributed by atoms with Crippen molar-refractivity contribution in [3.63, 3.8) is 0 Å². The van der Waals surface area contributed by atoms with Gasteiger partial charge >= 0.3 is 0 Å². The summed E-state index contributed by atoms with van der Waals surface area (Å²) in [5, 5.41) is 6.93. The maximum atomic E-state index is 5.69. The Labute approximate surface area is 117 Å². The van der Waals surface area contributed by atoms with Gasteiger partial charge in [-0.3, -0.25) is 0 Å². The normalized spacial score (nSPS) is 19.6. The number of rotatable bonds is 3. The summed E-state index contributed by atoms with van der Waals surface area (Å²) >= 11 is 1.72. The van der Waals surface area contributed by atoms with E-state index in [0.29, 0.717) is 6.04 Å². The highest BCUT2D eigenvalue weighted by Crippen LogP contribution is 2.33. The van der Waals surface area contributed by atoms with E-state index in [9.17, 15) is 0 Å². The number of ether oxygens (including phenoxy) is 1. The summed E-state index contributed by atoms with van der Waals surface area (Å²) in [6, 6.07) is 8.90. The Morgan fingerprint density at radius 2 is 2.26 bits per heavy atom. The number of para-hydroxylation sites is 1. The van der Waals surface area contributed by atoms with Crippen LogP contribution in [0.1, 0.15) is 41.7 Å². The maximum absolute atomic E-state index is 5.69. The molecule has 1 aliphatic heterocycles. The Balaban J connectivity index is 1.77. The lowest BCUT2D eigenvalue weighted by atomic mass is 10.00. The monoisotopic (exact) mass is 274 g/mol. The number of benzene rings is 1. The molecule has 0 saturated heterocycles. The highest BCUT2D eigenvalue weighted by Gasteiger charge is 2.23. The van der Waals surface area contributed by atoms with Gasteiger partial charge in [-0.25, -0.2) is 4.98 Å². The van der Waals surface area contributed by atoms with Gasteiger partial charge in [0.05, 0.1) is 12.6 Å². The van der Waals surface area contributed by atoms with Crippen LogP contribution in [-0.2, 0) is 0 Å². The number of nitrogens with zero attached hydrogens (tertiary/aromatic N) is 1. The van der Waals surface area contributed by atoms with Crippen LogP contribution in [0.5, 0.6) is 5.75 Å². The van der Waals surface area contributed by atoms with Gasteiger partial charge in [-0.2, -0.15) is 0 Å². The van der Waals surface area contributed by atoms with Gasteiger partial charge in [0.1, 0.15) is 10.8 Å². The Kier molecular flexibility index (Phi) is 3.53. The van der Waals surface area contributed by atoms with Crippen molar-refractivity contribution < 1.29 is 4.74 Å². The van der Waals surface area contributed by atoms with E-state index in [1.54, 1.807) is 11.3 Å². The third-order valence-electron chi connectivity index (χ3n) is 3.42. The third kappa shape index (κ3) is 2.65. The second-order valence-corrected chi connectivity index (χ2v) is 5.83. The zero-order valence-electron chi connectivity index (χ0n) is 11.2. The molecule has 0 fully saturated rings. The number of hydrogen-bond acceptors (Lipinski definition) is 4. The lowest BCUT2D eigenvalue weighted by Gasteiger charge is -2.28. The second kappa shape index (κ2) is 5.31. The average Bonchev–Trinajstić information content (AvgIpc) is 2.86. The molecule has 0 radical (unpaired) electrons. The summed E-state index contributed by atoms with van der Waals surface area (Å²) in [6.45, 7) is 4.99. The van der Waals surface area contributed by atoms with Crippen LogP contribution in [0.2, 0.25) is 0 Å². The van der Waals surface area contributed by atoms with E-state index in [0.717, 1.165) is 29.5 Å². The van der Waals surface area contributed by atoms with E-state index < -0.39 is 0 Å². The average molecular weight is 274 g/mol. The van der Waals surface area contributed by atoms with Gasteiger partial charge in [0, 0.05) is 29.1 Å². The van der Waals surface area contributed by atoms with Crippen molar-refractivity contribution in [2.24, 2.45) is 0 Å². The lowest BCUT2D eigenvalue weighted by Crippen LogP contribution is -2.29. The summed E-state index contributed by atoms with van der Waals surface area (Å²) < 4.78 is 5.69. The van der Waals surface area contributed by atoms with Crippen molar-refractivity contribution in [2.75, 3.05) is 6.61 Å². The number of nitrogens with one attached hydrogen (secondary N) is 1. The highest BCUT2D eigenvalue weighted by atomic mass is 32.1. The molecule has 3 nitrogen and oxygen atoms in total. The Bertz CT molecular complexity index is 567. The molecule has 2 heterocycles. The van der Waals surface area contributed by atoms with Crippen molar-refractivity contribution >= 4 is 11.3 Å². The number of fused-ring (bicyclic) bond motifs is 1. The van der Waals surface area contributed by atoms with E-state index >= 15 is 0 Å². The van der Waals surface area contributed by atoms with Crippen molar-refractivity contribution in [1.29, 1.82) is 0 Å². The fraction of sp³-hybridized carbons (Fsp3) is 0.400. The minimum absolute atomic E-state index is 0.273. The predicted molar refractivity (Wildman–Crippen MR) is 77.7 cm³/mol. The van der Waals surface area contributed by atoms with Gasteiger partial charge in [-0.15, -0.1) is 11.3 Å². The first-order valence-corrected chi connectivity index (χ1v) is 7.52. The predicted octanol–water partition coefficient (Wildman–Crippen LogP) is 3.63. The lowest BCUT2D eigenvalue weighted by molar-refractivity contribution is 0.246. The molecule has 2 unspecified atom stereocenters. The molecule has 0 amide bonds. The first-order valence-electron chi connectivity index (χ1n) is 6.64. The third-order valence-corrected chi connectivity index (χ3v) is 4.56. The minimum atomic E-state index is 0.273. The number of thiazole rings is 1. The molecule has 0 aliphatic carbocycles. The van der Waals surface area contributed by atoms with E-state index in [-0.39, 0.29) is 6.04 Å². The van der Waals surface area contributed by atoms with Gasteiger partial charge in [-0.1, -0.05) is 18.2 Å². The fourth-order valence-corrected chi connectivity index (χ4v) is 3.27. The van der Waals surface area contributed by atoms with Gasteiger partial charge < -0.3 is 10.1 Å². The molecule has 1 aromatic carbocycles. The van der Waals surface area contributed by atoms with Crippen LogP contribution in [0.3, 0.4) is 0 Å². The first-order chi connectivity index (χ1) is 9.24. The molecule has 3 rings (SSSR count). The van der Waals surface area contributed by atoms with Crippen LogP contribution in [0.4, 0.5) is 0 Å². The van der Waals surface area contributed by atoms with Gasteiger partial charge in [-0.05, 0) is 19.9 Å². The van der Waals surface area contributed by atoms with Gasteiger partial charge in [0.15, 0.2) is 0 Å². The number of aryl methyl sites for hydroxylation is 1. The smallest absolute Gasteiger partial charge is 0.124 e. The highest BCUT2D eigenvalue weighted by molar-refractivity contribution is 7.09. The zero-order chi connectivity index (χ0) is 13.2. The molecule has 1 aliphatic rings. The van der Waals surface area contributed by atoms with Crippen LogP contribution in [0, 0.1) is 6.92 Å². The van der Waals surface area contributed by atoms with Crippen LogP contribution >= 0.6 is 11.3 Å². The summed E-state index contributed by atoms with van der Waals surface area (Å²) in [7, 11) is 0. The SMILES string of the molecule is Cc1csc(C(C)NC2CCOc3ccccc32)n1. The van der Waals surface area contributed by atoms with E-state index in [1.165, 1.54) is 5.56 Å². The quantitative estimate of drug-likeness (QED) is 0.928. The molecule has 4 heteroatoms. The molecule has 1 N–H and O–H groups in total. The Morgan fingerprint density at radius 3 is 3.05 bits per heavy atom. The van der Waals surface area contributed by atoms with E-state index in [2.05, 4.69) is 34.7 Å². The first kappa shape index (κ1) is 12.6. The van der Waals surface area contributed by atoms with Gasteiger partial charge in [0.25, 0.3) is 0 Å². The minimum Gasteiger partial charge on any atom is -0.493 e. The molecule has 100 valence electrons. The summed E-state index contributed by atoms with van der Waals surface area (Å²) in [6.07, 6.45) is 1.01. The molecule has 2 atom stereocenters. The molecule has 1 aromatic heterocycles. The second-order valence-electron chi connectivity index (χ2n) is 4.94. The molecule has 0 spiro atoms. The van der Waals surface area contributed by atoms with Crippen LogP contribution in [-0.4, -0.2) is 11.6 Å². The molecular weight excluding hydrogens is 256 g/mol. The summed E-state index contributed by atoms with van der Waals surface area (Å²) in [5.41, 5.74) is 2.36. The Hall–Kier alpha value is -1.39. The molecule has 2 aromatic rings. The van der Waals surface area contributed by atoms with Crippen LogP contribution in [0.15, 0.2) is 29.6 Å².